The number of rotatable bonds is 4. The smallest absolute Gasteiger partial charge is 0.136 e. The standard InChI is InChI=1S/C10H18O3/c1-13-7-9(11)6-8-4-2-3-5-10(8)12/h8-9,11H,2-7H2,1H3. The molecular formula is C10H18O3. The lowest BCUT2D eigenvalue weighted by Crippen LogP contribution is -2.26. The number of ketones is 1. The SMILES string of the molecule is COCC(O)CC1CCCCC1=O. The second-order valence-corrected chi connectivity index (χ2v) is 3.75. The van der Waals surface area contributed by atoms with E-state index in [0.29, 0.717) is 25.2 Å². The second-order valence-electron chi connectivity index (χ2n) is 3.75. The highest BCUT2D eigenvalue weighted by atomic mass is 16.5. The van der Waals surface area contributed by atoms with Gasteiger partial charge in [-0.3, -0.25) is 4.79 Å². The van der Waals surface area contributed by atoms with Crippen LogP contribution in [0.5, 0.6) is 0 Å². The Labute approximate surface area is 79.1 Å². The third kappa shape index (κ3) is 3.44. The normalized spacial score (nSPS) is 26.0. The van der Waals surface area contributed by atoms with Gasteiger partial charge >= 0.3 is 0 Å². The molecule has 0 aromatic rings. The van der Waals surface area contributed by atoms with E-state index in [1.807, 2.05) is 0 Å². The number of ether oxygens (including phenoxy) is 1. The lowest BCUT2D eigenvalue weighted by Gasteiger charge is -2.22. The van der Waals surface area contributed by atoms with Crippen molar-refractivity contribution < 1.29 is 14.6 Å². The van der Waals surface area contributed by atoms with E-state index in [2.05, 4.69) is 0 Å². The number of Topliss-reactive ketones (excluding diaryl/α,β-unsaturated/α-hetero) is 1. The monoisotopic (exact) mass is 186 g/mol. The van der Waals surface area contributed by atoms with Crippen LogP contribution < -0.4 is 0 Å². The molecule has 0 heterocycles. The fraction of sp³-hybridized carbons (Fsp3) is 0.900. The Hall–Kier alpha value is -0.410. The van der Waals surface area contributed by atoms with E-state index in [9.17, 15) is 9.90 Å². The van der Waals surface area contributed by atoms with Gasteiger partial charge in [0.25, 0.3) is 0 Å². The van der Waals surface area contributed by atoms with E-state index in [0.717, 1.165) is 19.3 Å². The Morgan fingerprint density at radius 2 is 2.38 bits per heavy atom. The van der Waals surface area contributed by atoms with Crippen molar-refractivity contribution in [1.82, 2.24) is 0 Å². The van der Waals surface area contributed by atoms with E-state index in [1.54, 1.807) is 7.11 Å². The Balaban J connectivity index is 2.29. The molecular weight excluding hydrogens is 168 g/mol. The van der Waals surface area contributed by atoms with Crippen LogP contribution in [0.3, 0.4) is 0 Å². The van der Waals surface area contributed by atoms with Crippen LogP contribution in [0.15, 0.2) is 0 Å². The minimum absolute atomic E-state index is 0.0823. The number of hydrogen-bond acceptors (Lipinski definition) is 3. The Morgan fingerprint density at radius 1 is 1.62 bits per heavy atom. The van der Waals surface area contributed by atoms with Crippen molar-refractivity contribution in [2.45, 2.75) is 38.2 Å². The molecule has 1 rings (SSSR count). The van der Waals surface area contributed by atoms with Crippen LogP contribution in [-0.4, -0.2) is 30.7 Å². The lowest BCUT2D eigenvalue weighted by atomic mass is 9.84. The fourth-order valence-electron chi connectivity index (χ4n) is 1.89. The number of carbonyl (C=O) groups excluding carboxylic acids is 1. The van der Waals surface area contributed by atoms with Crippen LogP contribution in [0.1, 0.15) is 32.1 Å². The average Bonchev–Trinajstić information content (AvgIpc) is 2.09. The number of methoxy groups -OCH3 is 1. The van der Waals surface area contributed by atoms with Crippen LogP contribution in [0.25, 0.3) is 0 Å². The summed E-state index contributed by atoms with van der Waals surface area (Å²) in [5, 5.41) is 9.44. The molecule has 1 fully saturated rings. The third-order valence-corrected chi connectivity index (χ3v) is 2.60. The minimum Gasteiger partial charge on any atom is -0.391 e. The molecule has 3 heteroatoms. The molecule has 2 atom stereocenters. The summed E-state index contributed by atoms with van der Waals surface area (Å²) < 4.78 is 4.82. The molecule has 0 bridgehead atoms. The first-order valence-electron chi connectivity index (χ1n) is 4.93. The molecule has 0 radical (unpaired) electrons. The molecule has 0 amide bonds. The third-order valence-electron chi connectivity index (χ3n) is 2.60. The van der Waals surface area contributed by atoms with Gasteiger partial charge in [-0.25, -0.2) is 0 Å². The van der Waals surface area contributed by atoms with Crippen LogP contribution in [-0.2, 0) is 9.53 Å². The number of aliphatic hydroxyl groups excluding tert-OH is 1. The molecule has 1 saturated carbocycles. The molecule has 0 aliphatic heterocycles. The molecule has 13 heavy (non-hydrogen) atoms. The Kier molecular flexibility index (Phi) is 4.39. The van der Waals surface area contributed by atoms with Crippen molar-refractivity contribution in [3.05, 3.63) is 0 Å². The van der Waals surface area contributed by atoms with Gasteiger partial charge in [0.05, 0.1) is 12.7 Å². The zero-order chi connectivity index (χ0) is 9.68. The minimum atomic E-state index is -0.475. The van der Waals surface area contributed by atoms with Crippen LogP contribution in [0.2, 0.25) is 0 Å². The van der Waals surface area contributed by atoms with Crippen LogP contribution >= 0.6 is 0 Å². The summed E-state index contributed by atoms with van der Waals surface area (Å²) in [6.07, 6.45) is 3.89. The van der Waals surface area contributed by atoms with Crippen molar-refractivity contribution in [1.29, 1.82) is 0 Å². The molecule has 1 aliphatic rings. The van der Waals surface area contributed by atoms with E-state index >= 15 is 0 Å². The quantitative estimate of drug-likeness (QED) is 0.716. The molecule has 0 aromatic carbocycles. The second kappa shape index (κ2) is 5.35. The highest BCUT2D eigenvalue weighted by Crippen LogP contribution is 2.24. The van der Waals surface area contributed by atoms with E-state index in [4.69, 9.17) is 4.74 Å². The molecule has 1 N–H and O–H groups in total. The van der Waals surface area contributed by atoms with Crippen molar-refractivity contribution in [2.24, 2.45) is 5.92 Å². The molecule has 0 saturated heterocycles. The summed E-state index contributed by atoms with van der Waals surface area (Å²) >= 11 is 0. The molecule has 2 unspecified atom stereocenters. The van der Waals surface area contributed by atoms with Gasteiger partial charge in [-0.05, 0) is 19.3 Å². The average molecular weight is 186 g/mol. The summed E-state index contributed by atoms with van der Waals surface area (Å²) in [6, 6.07) is 0. The zero-order valence-corrected chi connectivity index (χ0v) is 8.16. The molecule has 1 aliphatic carbocycles. The first kappa shape index (κ1) is 10.7. The summed E-state index contributed by atoms with van der Waals surface area (Å²) in [5.41, 5.74) is 0. The maximum Gasteiger partial charge on any atom is 0.136 e. The summed E-state index contributed by atoms with van der Waals surface area (Å²) in [6.45, 7) is 0.337. The number of aliphatic hydroxyl groups is 1. The highest BCUT2D eigenvalue weighted by molar-refractivity contribution is 5.81. The fourth-order valence-corrected chi connectivity index (χ4v) is 1.89. The van der Waals surface area contributed by atoms with Gasteiger partial charge in [-0.1, -0.05) is 6.42 Å². The first-order chi connectivity index (χ1) is 6.24. The lowest BCUT2D eigenvalue weighted by molar-refractivity contribution is -0.126. The first-order valence-corrected chi connectivity index (χ1v) is 4.93. The van der Waals surface area contributed by atoms with Crippen LogP contribution in [0, 0.1) is 5.92 Å². The van der Waals surface area contributed by atoms with Gasteiger partial charge in [-0.15, -0.1) is 0 Å². The molecule has 76 valence electrons. The summed E-state index contributed by atoms with van der Waals surface area (Å²) in [7, 11) is 1.56. The zero-order valence-electron chi connectivity index (χ0n) is 8.16. The highest BCUT2D eigenvalue weighted by Gasteiger charge is 2.24. The van der Waals surface area contributed by atoms with Gasteiger partial charge in [0, 0.05) is 19.4 Å². The van der Waals surface area contributed by atoms with Gasteiger partial charge in [0.1, 0.15) is 5.78 Å². The van der Waals surface area contributed by atoms with Crippen molar-refractivity contribution >= 4 is 5.78 Å². The molecule has 0 spiro atoms. The maximum absolute atomic E-state index is 11.4. The Morgan fingerprint density at radius 3 is 3.00 bits per heavy atom. The van der Waals surface area contributed by atoms with Crippen LogP contribution in [0.4, 0.5) is 0 Å². The van der Waals surface area contributed by atoms with Crippen molar-refractivity contribution in [2.75, 3.05) is 13.7 Å². The van der Waals surface area contributed by atoms with Gasteiger partial charge in [0.2, 0.25) is 0 Å². The predicted octanol–water partition coefficient (Wildman–Crippen LogP) is 1.14. The number of carbonyl (C=O) groups is 1. The van der Waals surface area contributed by atoms with E-state index in [1.165, 1.54) is 0 Å². The topological polar surface area (TPSA) is 46.5 Å². The summed E-state index contributed by atoms with van der Waals surface area (Å²) in [5.74, 6) is 0.403. The Bertz CT molecular complexity index is 168. The van der Waals surface area contributed by atoms with Crippen molar-refractivity contribution in [3.63, 3.8) is 0 Å². The van der Waals surface area contributed by atoms with Gasteiger partial charge < -0.3 is 9.84 Å². The van der Waals surface area contributed by atoms with Crippen molar-refractivity contribution in [3.8, 4) is 0 Å². The largest absolute Gasteiger partial charge is 0.391 e. The van der Waals surface area contributed by atoms with E-state index in [-0.39, 0.29) is 5.92 Å². The molecule has 0 aromatic heterocycles. The number of hydrogen-bond donors (Lipinski definition) is 1. The van der Waals surface area contributed by atoms with Gasteiger partial charge in [-0.2, -0.15) is 0 Å². The van der Waals surface area contributed by atoms with E-state index < -0.39 is 6.10 Å². The predicted molar refractivity (Wildman–Crippen MR) is 49.5 cm³/mol. The maximum atomic E-state index is 11.4. The van der Waals surface area contributed by atoms with Gasteiger partial charge in [0.15, 0.2) is 0 Å². The molecule has 3 nitrogen and oxygen atoms in total. The summed E-state index contributed by atoms with van der Waals surface area (Å²) in [4.78, 5) is 11.4.